The predicted octanol–water partition coefficient (Wildman–Crippen LogP) is 2.71. The smallest absolute Gasteiger partial charge is 0.338 e. The van der Waals surface area contributed by atoms with Crippen LogP contribution in [0.25, 0.3) is 0 Å². The number of carbonyl (C=O) groups excluding carboxylic acids is 2. The molecule has 2 aromatic carbocycles. The molecule has 10 heteroatoms. The SMILES string of the molecule is O=C(COC(=O)c1ccc(Cl)c(S(=O)(=O)N2CCOCC2)c1)NC1CCCc2ccccc21. The molecule has 0 bridgehead atoms. The third kappa shape index (κ3) is 5.38. The van der Waals surface area contributed by atoms with Crippen LogP contribution in [0.4, 0.5) is 0 Å². The van der Waals surface area contributed by atoms with Crippen molar-refractivity contribution in [2.24, 2.45) is 0 Å². The lowest BCUT2D eigenvalue weighted by Gasteiger charge is -2.26. The van der Waals surface area contributed by atoms with Crippen molar-refractivity contribution in [3.05, 3.63) is 64.2 Å². The van der Waals surface area contributed by atoms with Gasteiger partial charge in [0.05, 0.1) is 29.8 Å². The lowest BCUT2D eigenvalue weighted by atomic mass is 9.88. The van der Waals surface area contributed by atoms with Crippen LogP contribution < -0.4 is 5.32 Å². The molecule has 1 aliphatic heterocycles. The molecule has 1 saturated heterocycles. The number of hydrogen-bond acceptors (Lipinski definition) is 6. The molecule has 4 rings (SSSR count). The summed E-state index contributed by atoms with van der Waals surface area (Å²) >= 11 is 6.13. The Morgan fingerprint density at radius 2 is 1.91 bits per heavy atom. The average Bonchev–Trinajstić information content (AvgIpc) is 2.83. The van der Waals surface area contributed by atoms with E-state index in [0.717, 1.165) is 24.8 Å². The molecule has 0 saturated carbocycles. The second kappa shape index (κ2) is 10.2. The summed E-state index contributed by atoms with van der Waals surface area (Å²) < 4.78 is 37.5. The predicted molar refractivity (Wildman–Crippen MR) is 122 cm³/mol. The van der Waals surface area contributed by atoms with Gasteiger partial charge in [-0.1, -0.05) is 35.9 Å². The fourth-order valence-electron chi connectivity index (χ4n) is 4.11. The quantitative estimate of drug-likeness (QED) is 0.622. The molecule has 1 fully saturated rings. The van der Waals surface area contributed by atoms with Gasteiger partial charge in [-0.05, 0) is 48.6 Å². The first kappa shape index (κ1) is 23.7. The van der Waals surface area contributed by atoms with Gasteiger partial charge in [-0.15, -0.1) is 0 Å². The van der Waals surface area contributed by atoms with Crippen LogP contribution >= 0.6 is 11.6 Å². The number of carbonyl (C=O) groups is 2. The molecule has 0 aromatic heterocycles. The van der Waals surface area contributed by atoms with Crippen molar-refractivity contribution in [1.82, 2.24) is 9.62 Å². The number of benzene rings is 2. The summed E-state index contributed by atoms with van der Waals surface area (Å²) in [6, 6.07) is 11.7. The highest BCUT2D eigenvalue weighted by molar-refractivity contribution is 7.89. The van der Waals surface area contributed by atoms with Gasteiger partial charge in [0.25, 0.3) is 5.91 Å². The lowest BCUT2D eigenvalue weighted by Crippen LogP contribution is -2.40. The molecule has 0 radical (unpaired) electrons. The minimum absolute atomic E-state index is 0.00189. The van der Waals surface area contributed by atoms with Gasteiger partial charge in [0, 0.05) is 13.1 Å². The number of fused-ring (bicyclic) bond motifs is 1. The van der Waals surface area contributed by atoms with E-state index in [-0.39, 0.29) is 34.6 Å². The third-order valence-corrected chi connectivity index (χ3v) is 8.17. The number of nitrogens with zero attached hydrogens (tertiary/aromatic N) is 1. The number of sulfonamides is 1. The lowest BCUT2D eigenvalue weighted by molar-refractivity contribution is -0.125. The number of hydrogen-bond donors (Lipinski definition) is 1. The van der Waals surface area contributed by atoms with E-state index in [1.165, 1.54) is 28.1 Å². The van der Waals surface area contributed by atoms with Crippen molar-refractivity contribution in [1.29, 1.82) is 0 Å². The Morgan fingerprint density at radius 1 is 1.15 bits per heavy atom. The molecule has 1 aliphatic carbocycles. The molecule has 0 spiro atoms. The molecular formula is C23H25ClN2O6S. The maximum atomic E-state index is 12.9. The number of rotatable bonds is 6. The van der Waals surface area contributed by atoms with Gasteiger partial charge in [0.15, 0.2) is 6.61 Å². The highest BCUT2D eigenvalue weighted by atomic mass is 35.5. The van der Waals surface area contributed by atoms with Crippen LogP contribution in [0.3, 0.4) is 0 Å². The molecule has 1 N–H and O–H groups in total. The minimum Gasteiger partial charge on any atom is -0.452 e. The van der Waals surface area contributed by atoms with Crippen molar-refractivity contribution in [3.63, 3.8) is 0 Å². The van der Waals surface area contributed by atoms with E-state index in [1.54, 1.807) is 0 Å². The monoisotopic (exact) mass is 492 g/mol. The normalized spacial score (nSPS) is 18.9. The molecular weight excluding hydrogens is 468 g/mol. The number of ether oxygens (including phenoxy) is 2. The number of morpholine rings is 1. The average molecular weight is 493 g/mol. The summed E-state index contributed by atoms with van der Waals surface area (Å²) in [5.74, 6) is -1.22. The first-order valence-electron chi connectivity index (χ1n) is 10.8. The van der Waals surface area contributed by atoms with Crippen LogP contribution in [0, 0.1) is 0 Å². The highest BCUT2D eigenvalue weighted by Gasteiger charge is 2.29. The Bertz CT molecular complexity index is 1150. The molecule has 8 nitrogen and oxygen atoms in total. The van der Waals surface area contributed by atoms with E-state index in [0.29, 0.717) is 13.2 Å². The topological polar surface area (TPSA) is 102 Å². The fraction of sp³-hybridized carbons (Fsp3) is 0.391. The van der Waals surface area contributed by atoms with Gasteiger partial charge in [-0.3, -0.25) is 4.79 Å². The zero-order chi connectivity index (χ0) is 23.4. The molecule has 1 heterocycles. The molecule has 1 atom stereocenters. The van der Waals surface area contributed by atoms with Crippen LogP contribution in [0.5, 0.6) is 0 Å². The van der Waals surface area contributed by atoms with E-state index >= 15 is 0 Å². The van der Waals surface area contributed by atoms with Gasteiger partial charge in [0.2, 0.25) is 10.0 Å². The minimum atomic E-state index is -3.89. The van der Waals surface area contributed by atoms with E-state index in [2.05, 4.69) is 11.4 Å². The maximum Gasteiger partial charge on any atom is 0.338 e. The Kier molecular flexibility index (Phi) is 7.33. The van der Waals surface area contributed by atoms with E-state index in [4.69, 9.17) is 21.1 Å². The number of halogens is 1. The molecule has 2 aromatic rings. The molecule has 33 heavy (non-hydrogen) atoms. The van der Waals surface area contributed by atoms with E-state index in [9.17, 15) is 18.0 Å². The number of aryl methyl sites for hydroxylation is 1. The zero-order valence-corrected chi connectivity index (χ0v) is 19.5. The van der Waals surface area contributed by atoms with Crippen molar-refractivity contribution < 1.29 is 27.5 Å². The van der Waals surface area contributed by atoms with Gasteiger partial charge < -0.3 is 14.8 Å². The standard InChI is InChI=1S/C23H25ClN2O6S/c24-19-9-8-17(14-21(19)33(29,30)26-10-12-31-13-11-26)23(28)32-15-22(27)25-20-7-3-5-16-4-1-2-6-18(16)20/h1-2,4,6,8-9,14,20H,3,5,7,10-13,15H2,(H,25,27). The third-order valence-electron chi connectivity index (χ3n) is 5.79. The number of amides is 1. The number of esters is 1. The second-order valence-electron chi connectivity index (χ2n) is 7.95. The Labute approximate surface area is 197 Å². The van der Waals surface area contributed by atoms with E-state index < -0.39 is 28.5 Å². The van der Waals surface area contributed by atoms with Crippen LogP contribution in [0.1, 0.15) is 40.4 Å². The van der Waals surface area contributed by atoms with Crippen LogP contribution in [-0.2, 0) is 30.7 Å². The van der Waals surface area contributed by atoms with Gasteiger partial charge in [-0.2, -0.15) is 4.31 Å². The van der Waals surface area contributed by atoms with Crippen molar-refractivity contribution >= 4 is 33.5 Å². The summed E-state index contributed by atoms with van der Waals surface area (Å²) in [5, 5.41) is 2.92. The molecule has 2 aliphatic rings. The first-order chi connectivity index (χ1) is 15.9. The van der Waals surface area contributed by atoms with E-state index in [1.807, 2.05) is 18.2 Å². The Morgan fingerprint density at radius 3 is 2.70 bits per heavy atom. The maximum absolute atomic E-state index is 12.9. The van der Waals surface area contributed by atoms with Crippen molar-refractivity contribution in [2.45, 2.75) is 30.2 Å². The van der Waals surface area contributed by atoms with Crippen LogP contribution in [0.2, 0.25) is 5.02 Å². The largest absolute Gasteiger partial charge is 0.452 e. The van der Waals surface area contributed by atoms with Gasteiger partial charge >= 0.3 is 5.97 Å². The zero-order valence-electron chi connectivity index (χ0n) is 18.0. The molecule has 176 valence electrons. The Balaban J connectivity index is 1.40. The summed E-state index contributed by atoms with van der Waals surface area (Å²) in [6.45, 7) is 0.527. The fourth-order valence-corrected chi connectivity index (χ4v) is 6.02. The van der Waals surface area contributed by atoms with Crippen LogP contribution in [-0.4, -0.2) is 57.5 Å². The van der Waals surface area contributed by atoms with Crippen molar-refractivity contribution in [3.8, 4) is 0 Å². The summed E-state index contributed by atoms with van der Waals surface area (Å²) in [6.07, 6.45) is 2.76. The van der Waals surface area contributed by atoms with Gasteiger partial charge in [-0.25, -0.2) is 13.2 Å². The first-order valence-corrected chi connectivity index (χ1v) is 12.6. The summed E-state index contributed by atoms with van der Waals surface area (Å²) in [4.78, 5) is 24.8. The second-order valence-corrected chi connectivity index (χ2v) is 10.3. The highest BCUT2D eigenvalue weighted by Crippen LogP contribution is 2.29. The van der Waals surface area contributed by atoms with Crippen molar-refractivity contribution in [2.75, 3.05) is 32.9 Å². The number of nitrogens with one attached hydrogen (secondary N) is 1. The summed E-state index contributed by atoms with van der Waals surface area (Å²) in [7, 11) is -3.89. The van der Waals surface area contributed by atoms with Crippen LogP contribution in [0.15, 0.2) is 47.4 Å². The Hall–Kier alpha value is -2.46. The molecule has 1 unspecified atom stereocenters. The van der Waals surface area contributed by atoms with Gasteiger partial charge in [0.1, 0.15) is 4.90 Å². The summed E-state index contributed by atoms with van der Waals surface area (Å²) in [5.41, 5.74) is 2.29. The molecule has 1 amide bonds.